The van der Waals surface area contributed by atoms with E-state index in [2.05, 4.69) is 20.9 Å². The Kier molecular flexibility index (Phi) is 4.31. The van der Waals surface area contributed by atoms with E-state index in [9.17, 15) is 10.1 Å². The Bertz CT molecular complexity index is 661. The molecule has 0 aliphatic rings. The van der Waals surface area contributed by atoms with Crippen LogP contribution in [0.4, 0.5) is 5.69 Å². The molecule has 0 amide bonds. The highest BCUT2D eigenvalue weighted by molar-refractivity contribution is 9.10. The third-order valence-electron chi connectivity index (χ3n) is 2.65. The molecule has 7 heteroatoms. The number of hydrogen-bond donors (Lipinski definition) is 1. The van der Waals surface area contributed by atoms with E-state index in [1.54, 1.807) is 12.3 Å². The van der Waals surface area contributed by atoms with Gasteiger partial charge in [0.25, 0.3) is 5.69 Å². The number of nitrogens with two attached hydrogens (primary N) is 1. The third-order valence-corrected chi connectivity index (χ3v) is 3.31. The first kappa shape index (κ1) is 14.4. The second-order valence-corrected chi connectivity index (χ2v) is 5.00. The van der Waals surface area contributed by atoms with Crippen LogP contribution in [0, 0.1) is 17.0 Å². The average Bonchev–Trinajstić information content (AvgIpc) is 2.42. The van der Waals surface area contributed by atoms with Crippen molar-refractivity contribution in [2.75, 3.05) is 0 Å². The molecule has 0 fully saturated rings. The van der Waals surface area contributed by atoms with Crippen LogP contribution in [0.15, 0.2) is 34.9 Å². The zero-order chi connectivity index (χ0) is 14.7. The van der Waals surface area contributed by atoms with Crippen molar-refractivity contribution >= 4 is 21.6 Å². The van der Waals surface area contributed by atoms with Crippen LogP contribution >= 0.6 is 15.9 Å². The molecule has 0 radical (unpaired) electrons. The molecule has 0 atom stereocenters. The van der Waals surface area contributed by atoms with Gasteiger partial charge in [0.05, 0.1) is 15.5 Å². The van der Waals surface area contributed by atoms with Gasteiger partial charge in [-0.3, -0.25) is 10.1 Å². The number of aryl methyl sites for hydroxylation is 1. The number of nitrogens with zero attached hydrogens (tertiary/aromatic N) is 2. The molecule has 0 unspecified atom stereocenters. The normalized spacial score (nSPS) is 10.3. The summed E-state index contributed by atoms with van der Waals surface area (Å²) in [6.45, 7) is 2.24. The number of benzene rings is 1. The molecule has 0 bridgehead atoms. The van der Waals surface area contributed by atoms with Crippen LogP contribution in [0.25, 0.3) is 0 Å². The number of ether oxygens (including phenoxy) is 1. The second-order valence-electron chi connectivity index (χ2n) is 4.14. The van der Waals surface area contributed by atoms with Crippen LogP contribution < -0.4 is 10.5 Å². The summed E-state index contributed by atoms with van der Waals surface area (Å²) in [7, 11) is 0. The molecular formula is C13H12BrN3O3. The van der Waals surface area contributed by atoms with Crippen LogP contribution in [-0.4, -0.2) is 9.91 Å². The molecule has 0 aliphatic heterocycles. The molecule has 0 spiro atoms. The van der Waals surface area contributed by atoms with E-state index in [0.29, 0.717) is 22.6 Å². The number of pyridine rings is 1. The number of nitro benzene ring substituents is 1. The number of rotatable bonds is 4. The number of nitro groups is 1. The van der Waals surface area contributed by atoms with Gasteiger partial charge in [-0.1, -0.05) is 0 Å². The number of hydrogen-bond acceptors (Lipinski definition) is 5. The topological polar surface area (TPSA) is 91.3 Å². The summed E-state index contributed by atoms with van der Waals surface area (Å²) in [6.07, 6.45) is 1.62. The van der Waals surface area contributed by atoms with E-state index >= 15 is 0 Å². The van der Waals surface area contributed by atoms with Gasteiger partial charge >= 0.3 is 0 Å². The summed E-state index contributed by atoms with van der Waals surface area (Å²) in [5.41, 5.74) is 7.20. The number of aromatic nitrogens is 1. The van der Waals surface area contributed by atoms with Crippen molar-refractivity contribution in [3.8, 4) is 11.6 Å². The Morgan fingerprint density at radius 2 is 2.20 bits per heavy atom. The van der Waals surface area contributed by atoms with Crippen LogP contribution in [-0.2, 0) is 6.54 Å². The summed E-state index contributed by atoms with van der Waals surface area (Å²) in [6, 6.07) is 6.18. The fourth-order valence-electron chi connectivity index (χ4n) is 1.63. The van der Waals surface area contributed by atoms with Crippen molar-refractivity contribution in [2.45, 2.75) is 13.5 Å². The molecule has 20 heavy (non-hydrogen) atoms. The smallest absolute Gasteiger partial charge is 0.273 e. The molecule has 0 aliphatic carbocycles. The average molecular weight is 338 g/mol. The molecule has 6 nitrogen and oxygen atoms in total. The van der Waals surface area contributed by atoms with Crippen LogP contribution in [0.1, 0.15) is 11.1 Å². The van der Waals surface area contributed by atoms with E-state index in [-0.39, 0.29) is 5.69 Å². The van der Waals surface area contributed by atoms with E-state index in [4.69, 9.17) is 10.5 Å². The number of non-ortho nitro benzene ring substituents is 1. The Morgan fingerprint density at radius 3 is 2.80 bits per heavy atom. The Balaban J connectivity index is 2.34. The lowest BCUT2D eigenvalue weighted by Gasteiger charge is -2.09. The Morgan fingerprint density at radius 1 is 1.45 bits per heavy atom. The lowest BCUT2D eigenvalue weighted by Crippen LogP contribution is -2.00. The monoisotopic (exact) mass is 337 g/mol. The van der Waals surface area contributed by atoms with E-state index < -0.39 is 4.92 Å². The first-order chi connectivity index (χ1) is 9.51. The highest BCUT2D eigenvalue weighted by Gasteiger charge is 2.13. The number of halogens is 1. The quantitative estimate of drug-likeness (QED) is 0.682. The van der Waals surface area contributed by atoms with E-state index in [0.717, 1.165) is 11.1 Å². The van der Waals surface area contributed by atoms with Crippen LogP contribution in [0.5, 0.6) is 11.6 Å². The SMILES string of the molecule is Cc1cc(CN)cnc1Oc1cc([N+](=O)[O-])ccc1Br. The fraction of sp³-hybridized carbons (Fsp3) is 0.154. The van der Waals surface area contributed by atoms with Gasteiger partial charge in [0.2, 0.25) is 5.88 Å². The molecule has 0 saturated heterocycles. The van der Waals surface area contributed by atoms with Gasteiger partial charge in [-0.15, -0.1) is 0 Å². The predicted octanol–water partition coefficient (Wildman–Crippen LogP) is 3.31. The standard InChI is InChI=1S/C13H12BrN3O3/c1-8-4-9(6-15)7-16-13(8)20-12-5-10(17(18)19)2-3-11(12)14/h2-5,7H,6,15H2,1H3. The lowest BCUT2D eigenvalue weighted by atomic mass is 10.2. The van der Waals surface area contributed by atoms with Gasteiger partial charge in [0.15, 0.2) is 5.75 Å². The van der Waals surface area contributed by atoms with E-state index in [1.165, 1.54) is 12.1 Å². The van der Waals surface area contributed by atoms with Crippen molar-refractivity contribution in [2.24, 2.45) is 5.73 Å². The zero-order valence-electron chi connectivity index (χ0n) is 10.7. The van der Waals surface area contributed by atoms with Gasteiger partial charge in [-0.25, -0.2) is 4.98 Å². The molecule has 104 valence electrons. The minimum Gasteiger partial charge on any atom is -0.437 e. The second kappa shape index (κ2) is 5.98. The summed E-state index contributed by atoms with van der Waals surface area (Å²) in [5, 5.41) is 10.8. The van der Waals surface area contributed by atoms with Gasteiger partial charge in [-0.05, 0) is 40.5 Å². The minimum absolute atomic E-state index is 0.0422. The van der Waals surface area contributed by atoms with Crippen LogP contribution in [0.2, 0.25) is 0 Å². The molecule has 1 aromatic heterocycles. The summed E-state index contributed by atoms with van der Waals surface area (Å²) in [4.78, 5) is 14.5. The van der Waals surface area contributed by atoms with E-state index in [1.807, 2.05) is 13.0 Å². The van der Waals surface area contributed by atoms with Crippen molar-refractivity contribution in [1.82, 2.24) is 4.98 Å². The van der Waals surface area contributed by atoms with Crippen LogP contribution in [0.3, 0.4) is 0 Å². The predicted molar refractivity (Wildman–Crippen MR) is 77.7 cm³/mol. The molecule has 1 heterocycles. The van der Waals surface area contributed by atoms with Gasteiger partial charge in [0.1, 0.15) is 0 Å². The molecule has 1 aromatic carbocycles. The Hall–Kier alpha value is -1.99. The van der Waals surface area contributed by atoms with Gasteiger partial charge in [0, 0.05) is 24.4 Å². The highest BCUT2D eigenvalue weighted by Crippen LogP contribution is 2.33. The zero-order valence-corrected chi connectivity index (χ0v) is 12.3. The molecule has 2 N–H and O–H groups in total. The van der Waals surface area contributed by atoms with Crippen molar-refractivity contribution in [1.29, 1.82) is 0 Å². The Labute approximate surface area is 123 Å². The third kappa shape index (κ3) is 3.12. The first-order valence-corrected chi connectivity index (χ1v) is 6.58. The largest absolute Gasteiger partial charge is 0.437 e. The molecule has 2 rings (SSSR count). The summed E-state index contributed by atoms with van der Waals surface area (Å²) < 4.78 is 6.24. The maximum Gasteiger partial charge on any atom is 0.273 e. The van der Waals surface area contributed by atoms with Crippen molar-refractivity contribution in [3.05, 3.63) is 56.2 Å². The highest BCUT2D eigenvalue weighted by atomic mass is 79.9. The van der Waals surface area contributed by atoms with Gasteiger partial charge < -0.3 is 10.5 Å². The molecule has 0 saturated carbocycles. The minimum atomic E-state index is -0.475. The fourth-order valence-corrected chi connectivity index (χ4v) is 1.95. The molecule has 2 aromatic rings. The lowest BCUT2D eigenvalue weighted by molar-refractivity contribution is -0.384. The first-order valence-electron chi connectivity index (χ1n) is 5.78. The van der Waals surface area contributed by atoms with Crippen molar-refractivity contribution < 1.29 is 9.66 Å². The maximum absolute atomic E-state index is 10.8. The summed E-state index contributed by atoms with van der Waals surface area (Å²) in [5.74, 6) is 0.735. The maximum atomic E-state index is 10.8. The van der Waals surface area contributed by atoms with Crippen molar-refractivity contribution in [3.63, 3.8) is 0 Å². The molecular weight excluding hydrogens is 326 g/mol. The summed E-state index contributed by atoms with van der Waals surface area (Å²) >= 11 is 3.29. The van der Waals surface area contributed by atoms with Gasteiger partial charge in [-0.2, -0.15) is 0 Å².